The molecule has 4 N–H and O–H groups in total. The van der Waals surface area contributed by atoms with Gasteiger partial charge in [0.1, 0.15) is 5.82 Å². The molecule has 4 heteroatoms. The zero-order valence-corrected chi connectivity index (χ0v) is 21.5. The summed E-state index contributed by atoms with van der Waals surface area (Å²) in [5.74, 6) is 4.16. The van der Waals surface area contributed by atoms with E-state index in [-0.39, 0.29) is 17.2 Å². The van der Waals surface area contributed by atoms with Gasteiger partial charge in [0.2, 0.25) is 0 Å². The van der Waals surface area contributed by atoms with Gasteiger partial charge in [-0.25, -0.2) is 4.98 Å². The Morgan fingerprint density at radius 2 is 1.85 bits per heavy atom. The highest BCUT2D eigenvalue weighted by molar-refractivity contribution is 5.29. The standard InChI is InChI=1S/C29H47N3O/c1-19(2)11-20-7-9-28(14-20)15-22(12-21-5-6-26(31)32-18-21)13-23(16-28)29-10-8-24(25(30)17-29)27(3,4)33-29/h5-6,18-20,22-25H,7-17,30H2,1-4H3,(H2,31,32). The predicted molar refractivity (Wildman–Crippen MR) is 136 cm³/mol. The molecule has 1 aromatic rings. The van der Waals surface area contributed by atoms with Gasteiger partial charge in [0, 0.05) is 18.2 Å². The first-order valence-electron chi connectivity index (χ1n) is 13.7. The predicted octanol–water partition coefficient (Wildman–Crippen LogP) is 6.13. The Morgan fingerprint density at radius 3 is 2.52 bits per heavy atom. The Kier molecular flexibility index (Phi) is 6.09. The van der Waals surface area contributed by atoms with Gasteiger partial charge in [-0.15, -0.1) is 0 Å². The molecule has 4 nitrogen and oxygen atoms in total. The average molecular weight is 454 g/mol. The maximum atomic E-state index is 7.07. The van der Waals surface area contributed by atoms with Crippen molar-refractivity contribution in [2.45, 2.75) is 116 Å². The maximum absolute atomic E-state index is 7.07. The Morgan fingerprint density at radius 1 is 1.06 bits per heavy atom. The molecule has 5 aliphatic rings. The monoisotopic (exact) mass is 453 g/mol. The summed E-state index contributed by atoms with van der Waals surface area (Å²) in [5.41, 5.74) is 14.4. The number of nitrogen functional groups attached to an aromatic ring is 1. The lowest BCUT2D eigenvalue weighted by molar-refractivity contribution is -0.273. The summed E-state index contributed by atoms with van der Waals surface area (Å²) in [6.07, 6.45) is 16.3. The van der Waals surface area contributed by atoms with Gasteiger partial charge in [-0.1, -0.05) is 19.9 Å². The second-order valence-corrected chi connectivity index (χ2v) is 13.5. The van der Waals surface area contributed by atoms with Crippen molar-refractivity contribution in [2.24, 2.45) is 40.7 Å². The van der Waals surface area contributed by atoms with E-state index in [1.54, 1.807) is 0 Å². The van der Waals surface area contributed by atoms with Crippen LogP contribution in [0.1, 0.15) is 97.5 Å². The van der Waals surface area contributed by atoms with Crippen LogP contribution in [-0.2, 0) is 11.2 Å². The largest absolute Gasteiger partial charge is 0.384 e. The van der Waals surface area contributed by atoms with Crippen molar-refractivity contribution in [2.75, 3.05) is 5.73 Å². The van der Waals surface area contributed by atoms with E-state index in [0.717, 1.165) is 24.7 Å². The minimum atomic E-state index is -0.0905. The van der Waals surface area contributed by atoms with Crippen molar-refractivity contribution < 1.29 is 4.74 Å². The maximum Gasteiger partial charge on any atom is 0.123 e. The van der Waals surface area contributed by atoms with Crippen molar-refractivity contribution in [3.63, 3.8) is 0 Å². The van der Waals surface area contributed by atoms with E-state index in [9.17, 15) is 0 Å². The first-order chi connectivity index (χ1) is 15.6. The molecule has 3 heterocycles. The van der Waals surface area contributed by atoms with Crippen molar-refractivity contribution in [1.29, 1.82) is 0 Å². The van der Waals surface area contributed by atoms with Crippen LogP contribution in [0.2, 0.25) is 0 Å². The van der Waals surface area contributed by atoms with E-state index in [2.05, 4.69) is 38.7 Å². The van der Waals surface area contributed by atoms with Gasteiger partial charge in [-0.05, 0) is 125 Å². The van der Waals surface area contributed by atoms with Crippen LogP contribution in [0.5, 0.6) is 0 Å². The normalized spacial score (nSPS) is 42.3. The highest BCUT2D eigenvalue weighted by Gasteiger charge is 2.60. The van der Waals surface area contributed by atoms with Gasteiger partial charge in [0.15, 0.2) is 0 Å². The molecule has 2 aliphatic heterocycles. The molecule has 2 saturated heterocycles. The van der Waals surface area contributed by atoms with Crippen LogP contribution in [0.25, 0.3) is 0 Å². The van der Waals surface area contributed by atoms with Gasteiger partial charge in [-0.2, -0.15) is 0 Å². The molecular weight excluding hydrogens is 406 g/mol. The summed E-state index contributed by atoms with van der Waals surface area (Å²) < 4.78 is 7.07. The van der Waals surface area contributed by atoms with Crippen LogP contribution >= 0.6 is 0 Å². The van der Waals surface area contributed by atoms with Gasteiger partial charge in [0.05, 0.1) is 11.2 Å². The fourth-order valence-corrected chi connectivity index (χ4v) is 9.07. The molecule has 2 bridgehead atoms. The lowest BCUT2D eigenvalue weighted by Gasteiger charge is -2.62. The number of nitrogens with zero attached hydrogens (tertiary/aromatic N) is 1. The van der Waals surface area contributed by atoms with E-state index in [0.29, 0.717) is 29.0 Å². The first-order valence-corrected chi connectivity index (χ1v) is 13.7. The third-order valence-electron chi connectivity index (χ3n) is 10.1. The third kappa shape index (κ3) is 4.59. The fraction of sp³-hybridized carbons (Fsp3) is 0.828. The van der Waals surface area contributed by atoms with E-state index >= 15 is 0 Å². The lowest BCUT2D eigenvalue weighted by Crippen LogP contribution is -2.66. The topological polar surface area (TPSA) is 74.2 Å². The lowest BCUT2D eigenvalue weighted by atomic mass is 9.54. The van der Waals surface area contributed by atoms with Crippen LogP contribution in [0.4, 0.5) is 5.82 Å². The van der Waals surface area contributed by atoms with Crippen molar-refractivity contribution in [1.82, 2.24) is 4.98 Å². The van der Waals surface area contributed by atoms with Crippen LogP contribution in [0.3, 0.4) is 0 Å². The van der Waals surface area contributed by atoms with Gasteiger partial charge in [0.25, 0.3) is 0 Å². The summed E-state index contributed by atoms with van der Waals surface area (Å²) >= 11 is 0. The number of rotatable bonds is 5. The van der Waals surface area contributed by atoms with Crippen molar-refractivity contribution >= 4 is 5.82 Å². The summed E-state index contributed by atoms with van der Waals surface area (Å²) in [5, 5.41) is 0. The minimum absolute atomic E-state index is 0.0150. The highest BCUT2D eigenvalue weighted by Crippen LogP contribution is 2.62. The number of hydrogen-bond acceptors (Lipinski definition) is 4. The van der Waals surface area contributed by atoms with E-state index in [4.69, 9.17) is 16.2 Å². The number of anilines is 1. The highest BCUT2D eigenvalue weighted by atomic mass is 16.5. The Hall–Kier alpha value is -1.13. The summed E-state index contributed by atoms with van der Waals surface area (Å²) in [7, 11) is 0. The zero-order chi connectivity index (χ0) is 23.4. The van der Waals surface area contributed by atoms with E-state index in [1.165, 1.54) is 63.4 Å². The first kappa shape index (κ1) is 23.6. The number of aromatic nitrogens is 1. The molecule has 0 radical (unpaired) electrons. The summed E-state index contributed by atoms with van der Waals surface area (Å²) in [6.45, 7) is 9.38. The minimum Gasteiger partial charge on any atom is -0.384 e. The van der Waals surface area contributed by atoms with Crippen molar-refractivity contribution in [3.05, 3.63) is 23.9 Å². The van der Waals surface area contributed by atoms with Gasteiger partial charge in [-0.3, -0.25) is 0 Å². The molecule has 3 aliphatic carbocycles. The zero-order valence-electron chi connectivity index (χ0n) is 21.5. The Labute approximate surface area is 201 Å². The Bertz CT molecular complexity index is 836. The molecular formula is C29H47N3O. The molecule has 5 fully saturated rings. The van der Waals surface area contributed by atoms with E-state index < -0.39 is 0 Å². The van der Waals surface area contributed by atoms with Crippen LogP contribution < -0.4 is 11.5 Å². The number of fused-ring (bicyclic) bond motifs is 3. The van der Waals surface area contributed by atoms with Crippen LogP contribution in [0.15, 0.2) is 18.3 Å². The number of pyridine rings is 1. The Balaban J connectivity index is 1.41. The van der Waals surface area contributed by atoms with Gasteiger partial charge < -0.3 is 16.2 Å². The molecule has 7 unspecified atom stereocenters. The average Bonchev–Trinajstić information content (AvgIpc) is 3.09. The van der Waals surface area contributed by atoms with Crippen LogP contribution in [-0.4, -0.2) is 22.2 Å². The van der Waals surface area contributed by atoms with Crippen molar-refractivity contribution in [3.8, 4) is 0 Å². The summed E-state index contributed by atoms with van der Waals surface area (Å²) in [4.78, 5) is 4.39. The number of hydrogen-bond donors (Lipinski definition) is 2. The molecule has 3 saturated carbocycles. The molecule has 184 valence electrons. The third-order valence-corrected chi connectivity index (χ3v) is 10.1. The number of ether oxygens (including phenoxy) is 1. The van der Waals surface area contributed by atoms with Gasteiger partial charge >= 0.3 is 0 Å². The molecule has 1 aromatic heterocycles. The summed E-state index contributed by atoms with van der Waals surface area (Å²) in [6, 6.07) is 4.44. The molecule has 33 heavy (non-hydrogen) atoms. The quantitative estimate of drug-likeness (QED) is 0.562. The smallest absolute Gasteiger partial charge is 0.123 e. The molecule has 0 aromatic carbocycles. The molecule has 7 atom stereocenters. The fourth-order valence-electron chi connectivity index (χ4n) is 9.07. The van der Waals surface area contributed by atoms with E-state index in [1.807, 2.05) is 12.3 Å². The second-order valence-electron chi connectivity index (χ2n) is 13.5. The molecule has 6 rings (SSSR count). The molecule has 1 spiro atoms. The molecule has 0 amide bonds. The number of nitrogens with two attached hydrogens (primary N) is 2. The second kappa shape index (κ2) is 8.52. The SMILES string of the molecule is CC(C)CC1CCC2(C1)CC(Cc1ccc(N)nc1)CC(C13CCC(C(N)C1)C(C)(C)O3)C2. The van der Waals surface area contributed by atoms with Crippen LogP contribution in [0, 0.1) is 35.0 Å².